The monoisotopic (exact) mass is 359 g/mol. The van der Waals surface area contributed by atoms with Crippen molar-refractivity contribution in [3.05, 3.63) is 65.2 Å². The molecule has 1 aromatic carbocycles. The van der Waals surface area contributed by atoms with Crippen molar-refractivity contribution in [3.8, 4) is 0 Å². The standard InChI is InChI=1S/C17H18FN5OS/c1-2-6-15-20-22(17(25)23(15)21-9-3-4-10-21)12-16(24)19-14-8-5-7-13(18)11-14/h3-5,7-11H,2,6,12H2,1H3,(H,19,24). The molecule has 0 radical (unpaired) electrons. The van der Waals surface area contributed by atoms with Crippen LogP contribution in [0.1, 0.15) is 19.2 Å². The molecule has 0 aliphatic heterocycles. The summed E-state index contributed by atoms with van der Waals surface area (Å²) in [6, 6.07) is 9.54. The zero-order valence-electron chi connectivity index (χ0n) is 13.7. The molecule has 6 nitrogen and oxygen atoms in total. The van der Waals surface area contributed by atoms with Crippen molar-refractivity contribution in [2.45, 2.75) is 26.3 Å². The summed E-state index contributed by atoms with van der Waals surface area (Å²) in [6.45, 7) is 2.01. The Balaban J connectivity index is 1.84. The topological polar surface area (TPSA) is 56.8 Å². The molecule has 0 unspecified atom stereocenters. The number of amides is 1. The van der Waals surface area contributed by atoms with Gasteiger partial charge in [0, 0.05) is 24.5 Å². The second kappa shape index (κ2) is 7.43. The van der Waals surface area contributed by atoms with Crippen LogP contribution in [0.15, 0.2) is 48.8 Å². The van der Waals surface area contributed by atoms with Crippen molar-refractivity contribution in [2.24, 2.45) is 0 Å². The zero-order chi connectivity index (χ0) is 17.8. The quantitative estimate of drug-likeness (QED) is 0.688. The molecular formula is C17H18FN5OS. The van der Waals surface area contributed by atoms with Gasteiger partial charge in [-0.15, -0.1) is 0 Å². The predicted octanol–water partition coefficient (Wildman–Crippen LogP) is 3.26. The summed E-state index contributed by atoms with van der Waals surface area (Å²) < 4.78 is 18.8. The highest BCUT2D eigenvalue weighted by Gasteiger charge is 2.14. The average molecular weight is 359 g/mol. The zero-order valence-corrected chi connectivity index (χ0v) is 14.5. The predicted molar refractivity (Wildman–Crippen MR) is 95.3 cm³/mol. The molecule has 0 fully saturated rings. The Hall–Kier alpha value is -2.74. The minimum Gasteiger partial charge on any atom is -0.324 e. The molecular weight excluding hydrogens is 341 g/mol. The number of aromatic nitrogens is 4. The lowest BCUT2D eigenvalue weighted by Gasteiger charge is -2.06. The maximum atomic E-state index is 13.2. The van der Waals surface area contributed by atoms with Crippen LogP contribution in [-0.4, -0.2) is 25.0 Å². The van der Waals surface area contributed by atoms with E-state index in [1.165, 1.54) is 22.9 Å². The first-order valence-electron chi connectivity index (χ1n) is 7.96. The van der Waals surface area contributed by atoms with Crippen molar-refractivity contribution in [1.29, 1.82) is 0 Å². The number of aryl methyl sites for hydroxylation is 1. The van der Waals surface area contributed by atoms with Gasteiger partial charge in [-0.1, -0.05) is 13.0 Å². The van der Waals surface area contributed by atoms with E-state index in [4.69, 9.17) is 12.2 Å². The largest absolute Gasteiger partial charge is 0.324 e. The van der Waals surface area contributed by atoms with E-state index in [2.05, 4.69) is 17.3 Å². The molecule has 8 heteroatoms. The molecule has 3 aromatic rings. The van der Waals surface area contributed by atoms with E-state index in [1.807, 2.05) is 29.2 Å². The lowest BCUT2D eigenvalue weighted by molar-refractivity contribution is -0.116. The lowest BCUT2D eigenvalue weighted by Crippen LogP contribution is -2.20. The van der Waals surface area contributed by atoms with E-state index in [-0.39, 0.29) is 12.5 Å². The molecule has 0 spiro atoms. The number of carbonyl (C=O) groups is 1. The van der Waals surface area contributed by atoms with Crippen LogP contribution in [0.4, 0.5) is 10.1 Å². The number of hydrogen-bond donors (Lipinski definition) is 1. The second-order valence-electron chi connectivity index (χ2n) is 5.54. The maximum absolute atomic E-state index is 13.2. The van der Waals surface area contributed by atoms with Gasteiger partial charge in [-0.05, 0) is 49.0 Å². The Labute approximate surface area is 149 Å². The third-order valence-corrected chi connectivity index (χ3v) is 3.96. The van der Waals surface area contributed by atoms with Crippen LogP contribution in [0, 0.1) is 10.6 Å². The van der Waals surface area contributed by atoms with E-state index in [0.29, 0.717) is 10.5 Å². The molecule has 0 aliphatic rings. The minimum atomic E-state index is -0.406. The number of rotatable bonds is 6. The average Bonchev–Trinajstić information content (AvgIpc) is 3.17. The van der Waals surface area contributed by atoms with Crippen LogP contribution in [0.3, 0.4) is 0 Å². The second-order valence-corrected chi connectivity index (χ2v) is 5.90. The first-order valence-corrected chi connectivity index (χ1v) is 8.37. The highest BCUT2D eigenvalue weighted by Crippen LogP contribution is 2.10. The van der Waals surface area contributed by atoms with E-state index < -0.39 is 5.82 Å². The highest BCUT2D eigenvalue weighted by atomic mass is 32.1. The van der Waals surface area contributed by atoms with Crippen LogP contribution >= 0.6 is 12.2 Å². The molecule has 0 atom stereocenters. The molecule has 0 saturated carbocycles. The number of carbonyl (C=O) groups excluding carboxylic acids is 1. The van der Waals surface area contributed by atoms with E-state index in [9.17, 15) is 9.18 Å². The number of benzene rings is 1. The van der Waals surface area contributed by atoms with Gasteiger partial charge in [0.2, 0.25) is 10.7 Å². The molecule has 3 rings (SSSR count). The number of anilines is 1. The number of nitrogens with zero attached hydrogens (tertiary/aromatic N) is 4. The molecule has 2 heterocycles. The molecule has 0 aliphatic carbocycles. The van der Waals surface area contributed by atoms with Gasteiger partial charge < -0.3 is 5.32 Å². The van der Waals surface area contributed by atoms with Gasteiger partial charge in [0.15, 0.2) is 5.82 Å². The van der Waals surface area contributed by atoms with E-state index in [1.54, 1.807) is 10.7 Å². The first kappa shape index (κ1) is 17.1. The van der Waals surface area contributed by atoms with Gasteiger partial charge in [0.1, 0.15) is 12.4 Å². The summed E-state index contributed by atoms with van der Waals surface area (Å²) in [5, 5.41) is 7.13. The normalized spacial score (nSPS) is 10.8. The highest BCUT2D eigenvalue weighted by molar-refractivity contribution is 7.71. The Morgan fingerprint density at radius 2 is 2.04 bits per heavy atom. The van der Waals surface area contributed by atoms with Gasteiger partial charge in [-0.2, -0.15) is 5.10 Å². The fourth-order valence-corrected chi connectivity index (χ4v) is 2.83. The Morgan fingerprint density at radius 3 is 2.72 bits per heavy atom. The van der Waals surface area contributed by atoms with Gasteiger partial charge in [0.05, 0.1) is 0 Å². The minimum absolute atomic E-state index is 0.0413. The van der Waals surface area contributed by atoms with Crippen LogP contribution in [-0.2, 0) is 17.8 Å². The fraction of sp³-hybridized carbons (Fsp3) is 0.235. The number of nitrogens with one attached hydrogen (secondary N) is 1. The molecule has 2 aromatic heterocycles. The summed E-state index contributed by atoms with van der Waals surface area (Å²) >= 11 is 5.48. The van der Waals surface area contributed by atoms with Gasteiger partial charge in [-0.25, -0.2) is 13.7 Å². The van der Waals surface area contributed by atoms with Crippen molar-refractivity contribution in [1.82, 2.24) is 19.1 Å². The number of hydrogen-bond acceptors (Lipinski definition) is 3. The summed E-state index contributed by atoms with van der Waals surface area (Å²) in [7, 11) is 0. The van der Waals surface area contributed by atoms with Crippen LogP contribution in [0.2, 0.25) is 0 Å². The van der Waals surface area contributed by atoms with Crippen LogP contribution < -0.4 is 5.32 Å². The van der Waals surface area contributed by atoms with Gasteiger partial charge in [0.25, 0.3) is 0 Å². The maximum Gasteiger partial charge on any atom is 0.246 e. The van der Waals surface area contributed by atoms with E-state index >= 15 is 0 Å². The summed E-state index contributed by atoms with van der Waals surface area (Å²) in [5.74, 6) is 0.0562. The third kappa shape index (κ3) is 3.85. The smallest absolute Gasteiger partial charge is 0.246 e. The van der Waals surface area contributed by atoms with Crippen LogP contribution in [0.5, 0.6) is 0 Å². The fourth-order valence-electron chi connectivity index (χ4n) is 2.52. The Kier molecular flexibility index (Phi) is 5.08. The number of halogens is 1. The SMILES string of the molecule is CCCc1nn(CC(=O)Nc2cccc(F)c2)c(=S)n1-n1cccc1. The summed E-state index contributed by atoms with van der Waals surface area (Å²) in [5.41, 5.74) is 0.398. The van der Waals surface area contributed by atoms with Crippen molar-refractivity contribution in [3.63, 3.8) is 0 Å². The van der Waals surface area contributed by atoms with Crippen molar-refractivity contribution >= 4 is 23.8 Å². The van der Waals surface area contributed by atoms with Crippen LogP contribution in [0.25, 0.3) is 0 Å². The molecule has 0 bridgehead atoms. The van der Waals surface area contributed by atoms with Gasteiger partial charge >= 0.3 is 0 Å². The Bertz CT molecular complexity index is 929. The third-order valence-electron chi connectivity index (χ3n) is 3.58. The van der Waals surface area contributed by atoms with Crippen molar-refractivity contribution < 1.29 is 9.18 Å². The summed E-state index contributed by atoms with van der Waals surface area (Å²) in [4.78, 5) is 12.3. The molecule has 1 amide bonds. The molecule has 0 saturated heterocycles. The first-order chi connectivity index (χ1) is 12.1. The molecule has 25 heavy (non-hydrogen) atoms. The van der Waals surface area contributed by atoms with E-state index in [0.717, 1.165) is 18.7 Å². The van der Waals surface area contributed by atoms with Gasteiger partial charge in [-0.3, -0.25) is 9.47 Å². The summed E-state index contributed by atoms with van der Waals surface area (Å²) in [6.07, 6.45) is 5.38. The Morgan fingerprint density at radius 1 is 1.28 bits per heavy atom. The molecule has 1 N–H and O–H groups in total. The molecule has 130 valence electrons. The lowest BCUT2D eigenvalue weighted by atomic mass is 10.3. The van der Waals surface area contributed by atoms with Crippen molar-refractivity contribution in [2.75, 3.05) is 5.32 Å².